The number of rotatable bonds is 4. The van der Waals surface area contributed by atoms with Gasteiger partial charge in [0.25, 0.3) is 0 Å². The number of carbonyl (C=O) groups is 1. The predicted octanol–water partition coefficient (Wildman–Crippen LogP) is 3.21. The summed E-state index contributed by atoms with van der Waals surface area (Å²) in [5, 5.41) is 4.41. The van der Waals surface area contributed by atoms with Gasteiger partial charge in [-0.2, -0.15) is 5.10 Å². The number of hydrogen-bond acceptors (Lipinski definition) is 5. The van der Waals surface area contributed by atoms with Gasteiger partial charge in [0, 0.05) is 5.70 Å². The second kappa shape index (κ2) is 6.52. The largest absolute Gasteiger partial charge is 0.463 e. The maximum absolute atomic E-state index is 12.5. The number of hydrogen-bond donors (Lipinski definition) is 1. The molecule has 0 radical (unpaired) electrons. The number of furan rings is 1. The molecule has 2 aromatic rings. The maximum atomic E-state index is 12.5. The molecule has 0 bridgehead atoms. The van der Waals surface area contributed by atoms with E-state index < -0.39 is 0 Å². The van der Waals surface area contributed by atoms with Gasteiger partial charge in [0.2, 0.25) is 0 Å². The van der Waals surface area contributed by atoms with Gasteiger partial charge >= 0.3 is 5.97 Å². The molecule has 0 fully saturated rings. The van der Waals surface area contributed by atoms with Crippen molar-refractivity contribution in [1.29, 1.82) is 0 Å². The Morgan fingerprint density at radius 3 is 2.70 bits per heavy atom. The number of esters is 1. The van der Waals surface area contributed by atoms with Gasteiger partial charge in [0.1, 0.15) is 5.71 Å². The maximum Gasteiger partial charge on any atom is 0.336 e. The molecule has 5 nitrogen and oxygen atoms in total. The molecular weight excluding hydrogens is 292 g/mol. The summed E-state index contributed by atoms with van der Waals surface area (Å²) < 4.78 is 10.7. The van der Waals surface area contributed by atoms with Crippen molar-refractivity contribution in [2.24, 2.45) is 5.10 Å². The van der Waals surface area contributed by atoms with Crippen LogP contribution in [0.3, 0.4) is 0 Å². The van der Waals surface area contributed by atoms with Gasteiger partial charge in [-0.15, -0.1) is 0 Å². The molecular formula is C18H18N2O3. The lowest BCUT2D eigenvalue weighted by Crippen LogP contribution is -2.31. The third-order valence-corrected chi connectivity index (χ3v) is 3.71. The SMILES string of the molecule is CCOC(=O)C1=C(C)NN=C(c2ccco2)[C@@H]1c1ccccc1. The monoisotopic (exact) mass is 310 g/mol. The minimum atomic E-state index is -0.342. The molecule has 1 aliphatic rings. The van der Waals surface area contributed by atoms with E-state index in [0.717, 1.165) is 5.56 Å². The topological polar surface area (TPSA) is 63.8 Å². The normalized spacial score (nSPS) is 17.5. The highest BCUT2D eigenvalue weighted by Gasteiger charge is 2.35. The number of benzene rings is 1. The molecule has 1 aromatic carbocycles. The Balaban J connectivity index is 2.11. The van der Waals surface area contributed by atoms with E-state index in [1.165, 1.54) is 0 Å². The first-order chi connectivity index (χ1) is 11.2. The van der Waals surface area contributed by atoms with E-state index in [9.17, 15) is 4.79 Å². The summed E-state index contributed by atoms with van der Waals surface area (Å²) >= 11 is 0. The molecule has 3 rings (SSSR count). The van der Waals surface area contributed by atoms with Crippen LogP contribution in [0.1, 0.15) is 31.1 Å². The van der Waals surface area contributed by atoms with E-state index in [-0.39, 0.29) is 11.9 Å². The van der Waals surface area contributed by atoms with E-state index in [2.05, 4.69) is 10.5 Å². The fourth-order valence-electron chi connectivity index (χ4n) is 2.69. The number of allylic oxidation sites excluding steroid dienone is 1. The number of nitrogens with zero attached hydrogens (tertiary/aromatic N) is 1. The third kappa shape index (κ3) is 2.90. The van der Waals surface area contributed by atoms with Crippen LogP contribution < -0.4 is 5.43 Å². The van der Waals surface area contributed by atoms with Gasteiger partial charge < -0.3 is 9.15 Å². The first-order valence-electron chi connectivity index (χ1n) is 7.52. The molecule has 0 spiro atoms. The fourth-order valence-corrected chi connectivity index (χ4v) is 2.69. The van der Waals surface area contributed by atoms with Crippen LogP contribution in [-0.4, -0.2) is 18.3 Å². The van der Waals surface area contributed by atoms with Crippen molar-refractivity contribution >= 4 is 11.7 Å². The Morgan fingerprint density at radius 1 is 1.26 bits per heavy atom. The van der Waals surface area contributed by atoms with Crippen LogP contribution >= 0.6 is 0 Å². The Morgan fingerprint density at radius 2 is 2.04 bits per heavy atom. The Labute approximate surface area is 134 Å². The lowest BCUT2D eigenvalue weighted by molar-refractivity contribution is -0.138. The van der Waals surface area contributed by atoms with Crippen LogP contribution in [0.2, 0.25) is 0 Å². The van der Waals surface area contributed by atoms with Crippen LogP contribution in [0.5, 0.6) is 0 Å². The molecule has 1 aromatic heterocycles. The van der Waals surface area contributed by atoms with Crippen molar-refractivity contribution in [3.05, 3.63) is 71.3 Å². The summed E-state index contributed by atoms with van der Waals surface area (Å²) in [5.41, 5.74) is 5.79. The first-order valence-corrected chi connectivity index (χ1v) is 7.52. The summed E-state index contributed by atoms with van der Waals surface area (Å²) in [6, 6.07) is 13.4. The molecule has 118 valence electrons. The second-order valence-electron chi connectivity index (χ2n) is 5.19. The van der Waals surface area contributed by atoms with Crippen molar-refractivity contribution in [2.45, 2.75) is 19.8 Å². The van der Waals surface area contributed by atoms with Crippen LogP contribution in [0.15, 0.2) is 69.5 Å². The second-order valence-corrected chi connectivity index (χ2v) is 5.19. The summed E-state index contributed by atoms with van der Waals surface area (Å²) in [6.45, 7) is 3.94. The lowest BCUT2D eigenvalue weighted by Gasteiger charge is -2.26. The summed E-state index contributed by atoms with van der Waals surface area (Å²) in [6.07, 6.45) is 1.59. The van der Waals surface area contributed by atoms with Crippen molar-refractivity contribution in [1.82, 2.24) is 5.43 Å². The standard InChI is InChI=1S/C18H18N2O3/c1-3-22-18(21)15-12(2)19-20-17(14-10-7-11-23-14)16(15)13-8-5-4-6-9-13/h4-11,16,19H,3H2,1-2H3/t16-/m1/s1. The minimum Gasteiger partial charge on any atom is -0.463 e. The molecule has 0 saturated carbocycles. The van der Waals surface area contributed by atoms with Gasteiger partial charge in [-0.3, -0.25) is 5.43 Å². The molecule has 1 N–H and O–H groups in total. The highest BCUT2D eigenvalue weighted by Crippen LogP contribution is 2.33. The fraction of sp³-hybridized carbons (Fsp3) is 0.222. The zero-order chi connectivity index (χ0) is 16.2. The van der Waals surface area contributed by atoms with E-state index in [4.69, 9.17) is 9.15 Å². The van der Waals surface area contributed by atoms with E-state index in [1.807, 2.05) is 43.3 Å². The van der Waals surface area contributed by atoms with E-state index in [0.29, 0.717) is 29.3 Å². The smallest absolute Gasteiger partial charge is 0.336 e. The van der Waals surface area contributed by atoms with Crippen molar-refractivity contribution in [3.63, 3.8) is 0 Å². The van der Waals surface area contributed by atoms with Crippen molar-refractivity contribution < 1.29 is 13.9 Å². The lowest BCUT2D eigenvalue weighted by atomic mass is 9.84. The predicted molar refractivity (Wildman–Crippen MR) is 86.9 cm³/mol. The van der Waals surface area contributed by atoms with E-state index >= 15 is 0 Å². The number of nitrogens with one attached hydrogen (secondary N) is 1. The minimum absolute atomic E-state index is 0.324. The van der Waals surface area contributed by atoms with Crippen molar-refractivity contribution in [2.75, 3.05) is 6.61 Å². The van der Waals surface area contributed by atoms with Crippen LogP contribution in [-0.2, 0) is 9.53 Å². The summed E-state index contributed by atoms with van der Waals surface area (Å²) in [7, 11) is 0. The Kier molecular flexibility index (Phi) is 4.28. The van der Waals surface area contributed by atoms with Crippen LogP contribution in [0, 0.1) is 0 Å². The third-order valence-electron chi connectivity index (χ3n) is 3.71. The van der Waals surface area contributed by atoms with Gasteiger partial charge in [-0.25, -0.2) is 4.79 Å². The Hall–Kier alpha value is -2.82. The molecule has 0 amide bonds. The van der Waals surface area contributed by atoms with Crippen LogP contribution in [0.25, 0.3) is 0 Å². The number of ether oxygens (including phenoxy) is 1. The highest BCUT2D eigenvalue weighted by molar-refractivity contribution is 6.11. The summed E-state index contributed by atoms with van der Waals surface area (Å²) in [5.74, 6) is -0.0476. The highest BCUT2D eigenvalue weighted by atomic mass is 16.5. The molecule has 0 aliphatic carbocycles. The zero-order valence-corrected chi connectivity index (χ0v) is 13.1. The molecule has 1 aliphatic heterocycles. The molecule has 2 heterocycles. The average Bonchev–Trinajstić information content (AvgIpc) is 3.09. The van der Waals surface area contributed by atoms with E-state index in [1.54, 1.807) is 19.3 Å². The van der Waals surface area contributed by atoms with Crippen LogP contribution in [0.4, 0.5) is 0 Å². The molecule has 0 saturated heterocycles. The van der Waals surface area contributed by atoms with Gasteiger partial charge in [0.15, 0.2) is 5.76 Å². The zero-order valence-electron chi connectivity index (χ0n) is 13.1. The van der Waals surface area contributed by atoms with Gasteiger partial charge in [-0.05, 0) is 31.5 Å². The molecule has 5 heteroatoms. The number of hydrazone groups is 1. The molecule has 23 heavy (non-hydrogen) atoms. The Bertz CT molecular complexity index is 746. The van der Waals surface area contributed by atoms with Crippen molar-refractivity contribution in [3.8, 4) is 0 Å². The first kappa shape index (κ1) is 15.1. The molecule has 0 unspecified atom stereocenters. The van der Waals surface area contributed by atoms with Gasteiger partial charge in [0.05, 0.1) is 24.4 Å². The average molecular weight is 310 g/mol. The summed E-state index contributed by atoms with van der Waals surface area (Å²) in [4.78, 5) is 12.5. The number of carbonyl (C=O) groups excluding carboxylic acids is 1. The van der Waals surface area contributed by atoms with Gasteiger partial charge in [-0.1, -0.05) is 30.3 Å². The quantitative estimate of drug-likeness (QED) is 0.881. The molecule has 1 atom stereocenters.